The maximum absolute atomic E-state index is 3.15. The van der Waals surface area contributed by atoms with Crippen molar-refractivity contribution in [3.05, 3.63) is 11.5 Å². The minimum atomic E-state index is 1.15. The van der Waals surface area contributed by atoms with Crippen molar-refractivity contribution in [1.82, 2.24) is 15.1 Å². The van der Waals surface area contributed by atoms with Gasteiger partial charge in [0.2, 0.25) is 0 Å². The Balaban J connectivity index is 4.54. The third-order valence-electron chi connectivity index (χ3n) is 1.70. The Morgan fingerprint density at radius 1 is 1.00 bits per heavy atom. The first-order chi connectivity index (χ1) is 5.00. The molecule has 0 amide bonds. The summed E-state index contributed by atoms with van der Waals surface area (Å²) in [7, 11) is 10.1. The molecule has 0 spiro atoms. The molecular formula is C8H19N3. The molecule has 0 atom stereocenters. The lowest BCUT2D eigenvalue weighted by Gasteiger charge is -2.23. The Bertz CT molecular complexity index is 147. The Hall–Kier alpha value is -0.860. The number of rotatable bonds is 3. The molecule has 66 valence electrons. The Kier molecular flexibility index (Phi) is 3.79. The van der Waals surface area contributed by atoms with E-state index in [-0.39, 0.29) is 0 Å². The molecule has 0 aromatic rings. The van der Waals surface area contributed by atoms with Crippen molar-refractivity contribution in [3.8, 4) is 0 Å². The smallest absolute Gasteiger partial charge is 0.120 e. The Morgan fingerprint density at radius 2 is 1.45 bits per heavy atom. The maximum Gasteiger partial charge on any atom is 0.120 e. The predicted molar refractivity (Wildman–Crippen MR) is 49.1 cm³/mol. The number of nitrogens with one attached hydrogen (secondary N) is 1. The second kappa shape index (κ2) is 4.11. The number of allylic oxidation sites excluding steroid dienone is 1. The molecule has 3 heteroatoms. The van der Waals surface area contributed by atoms with Gasteiger partial charge in [-0.1, -0.05) is 0 Å². The van der Waals surface area contributed by atoms with E-state index in [0.717, 1.165) is 5.82 Å². The van der Waals surface area contributed by atoms with Gasteiger partial charge in [-0.25, -0.2) is 0 Å². The van der Waals surface area contributed by atoms with Crippen molar-refractivity contribution < 1.29 is 0 Å². The summed E-state index contributed by atoms with van der Waals surface area (Å²) in [6.45, 7) is 2.09. The normalized spacial score (nSPS) is 12.2. The quantitative estimate of drug-likeness (QED) is 0.644. The van der Waals surface area contributed by atoms with Gasteiger partial charge in [0.1, 0.15) is 5.82 Å². The second-order valence-electron chi connectivity index (χ2n) is 2.97. The Morgan fingerprint density at radius 3 is 1.55 bits per heavy atom. The van der Waals surface area contributed by atoms with Crippen LogP contribution in [-0.2, 0) is 0 Å². The molecule has 0 rings (SSSR count). The van der Waals surface area contributed by atoms with Gasteiger partial charge in [-0.2, -0.15) is 0 Å². The van der Waals surface area contributed by atoms with E-state index in [9.17, 15) is 0 Å². The highest BCUT2D eigenvalue weighted by Gasteiger charge is 2.03. The minimum Gasteiger partial charge on any atom is -0.378 e. The minimum absolute atomic E-state index is 1.15. The Labute approximate surface area is 69.7 Å². The third-order valence-corrected chi connectivity index (χ3v) is 1.70. The van der Waals surface area contributed by atoms with Crippen molar-refractivity contribution >= 4 is 0 Å². The first-order valence-electron chi connectivity index (χ1n) is 3.74. The highest BCUT2D eigenvalue weighted by molar-refractivity contribution is 5.05. The molecule has 0 aliphatic heterocycles. The van der Waals surface area contributed by atoms with E-state index in [1.54, 1.807) is 0 Å². The van der Waals surface area contributed by atoms with Crippen LogP contribution in [0.4, 0.5) is 0 Å². The number of hydrogen-bond donors (Lipinski definition) is 1. The van der Waals surface area contributed by atoms with E-state index in [0.29, 0.717) is 0 Å². The molecular weight excluding hydrogens is 138 g/mol. The molecule has 0 aromatic carbocycles. The van der Waals surface area contributed by atoms with Gasteiger partial charge in [-0.15, -0.1) is 0 Å². The van der Waals surface area contributed by atoms with E-state index in [2.05, 4.69) is 22.0 Å². The molecule has 1 N–H and O–H groups in total. The average Bonchev–Trinajstić information content (AvgIpc) is 1.88. The summed E-state index contributed by atoms with van der Waals surface area (Å²) < 4.78 is 0. The van der Waals surface area contributed by atoms with Gasteiger partial charge >= 0.3 is 0 Å². The first-order valence-corrected chi connectivity index (χ1v) is 3.74. The van der Waals surface area contributed by atoms with Crippen LogP contribution < -0.4 is 5.32 Å². The van der Waals surface area contributed by atoms with Crippen molar-refractivity contribution in [2.24, 2.45) is 0 Å². The molecule has 0 unspecified atom stereocenters. The van der Waals surface area contributed by atoms with Crippen molar-refractivity contribution in [2.75, 3.05) is 35.2 Å². The van der Waals surface area contributed by atoms with Gasteiger partial charge in [0.05, 0.1) is 5.70 Å². The van der Waals surface area contributed by atoms with Crippen molar-refractivity contribution in [1.29, 1.82) is 0 Å². The lowest BCUT2D eigenvalue weighted by atomic mass is 10.4. The SMILES string of the molecule is CNC(=C(C)N(C)C)N(C)C. The van der Waals surface area contributed by atoms with E-state index in [4.69, 9.17) is 0 Å². The fraction of sp³-hybridized carbons (Fsp3) is 0.750. The van der Waals surface area contributed by atoms with Crippen LogP contribution in [0, 0.1) is 0 Å². The molecule has 0 aromatic heterocycles. The molecule has 0 saturated carbocycles. The van der Waals surface area contributed by atoms with Gasteiger partial charge in [0.15, 0.2) is 0 Å². The number of nitrogens with zero attached hydrogens (tertiary/aromatic N) is 2. The van der Waals surface area contributed by atoms with Crippen LogP contribution in [0.5, 0.6) is 0 Å². The highest BCUT2D eigenvalue weighted by atomic mass is 15.2. The fourth-order valence-electron chi connectivity index (χ4n) is 0.940. The summed E-state index contributed by atoms with van der Waals surface area (Å²) >= 11 is 0. The summed E-state index contributed by atoms with van der Waals surface area (Å²) in [6, 6.07) is 0. The second-order valence-corrected chi connectivity index (χ2v) is 2.97. The molecule has 0 aliphatic carbocycles. The van der Waals surface area contributed by atoms with Gasteiger partial charge in [-0.3, -0.25) is 0 Å². The van der Waals surface area contributed by atoms with Gasteiger partial charge in [0.25, 0.3) is 0 Å². The van der Waals surface area contributed by atoms with E-state index in [1.807, 2.05) is 35.2 Å². The molecule has 3 nitrogen and oxygen atoms in total. The van der Waals surface area contributed by atoms with Gasteiger partial charge in [-0.05, 0) is 6.92 Å². The zero-order chi connectivity index (χ0) is 9.02. The predicted octanol–water partition coefficient (Wildman–Crippen LogP) is 0.518. The molecule has 0 bridgehead atoms. The molecule has 0 aliphatic rings. The zero-order valence-electron chi connectivity index (χ0n) is 8.39. The monoisotopic (exact) mass is 157 g/mol. The van der Waals surface area contributed by atoms with Crippen LogP contribution in [0.3, 0.4) is 0 Å². The van der Waals surface area contributed by atoms with E-state index in [1.165, 1.54) is 5.70 Å². The molecule has 0 saturated heterocycles. The zero-order valence-corrected chi connectivity index (χ0v) is 8.39. The standard InChI is InChI=1S/C8H19N3/c1-7(10(3)4)8(9-2)11(5)6/h9H,1-6H3. The summed E-state index contributed by atoms with van der Waals surface area (Å²) in [5.74, 6) is 1.15. The first kappa shape index (κ1) is 10.1. The van der Waals surface area contributed by atoms with Crippen LogP contribution in [-0.4, -0.2) is 45.0 Å². The molecule has 0 heterocycles. The van der Waals surface area contributed by atoms with Crippen LogP contribution in [0.25, 0.3) is 0 Å². The lowest BCUT2D eigenvalue weighted by Crippen LogP contribution is -2.27. The van der Waals surface area contributed by atoms with Crippen LogP contribution in [0.15, 0.2) is 11.5 Å². The summed E-state index contributed by atoms with van der Waals surface area (Å²) in [5.41, 5.74) is 1.23. The lowest BCUT2D eigenvalue weighted by molar-refractivity contribution is 0.417. The van der Waals surface area contributed by atoms with E-state index >= 15 is 0 Å². The third kappa shape index (κ3) is 2.70. The molecule has 11 heavy (non-hydrogen) atoms. The van der Waals surface area contributed by atoms with Crippen LogP contribution in [0.1, 0.15) is 6.92 Å². The van der Waals surface area contributed by atoms with Gasteiger partial charge < -0.3 is 15.1 Å². The summed E-state index contributed by atoms with van der Waals surface area (Å²) in [6.07, 6.45) is 0. The largest absolute Gasteiger partial charge is 0.378 e. The van der Waals surface area contributed by atoms with Crippen molar-refractivity contribution in [2.45, 2.75) is 6.92 Å². The van der Waals surface area contributed by atoms with Crippen molar-refractivity contribution in [3.63, 3.8) is 0 Å². The highest BCUT2D eigenvalue weighted by Crippen LogP contribution is 2.04. The maximum atomic E-state index is 3.15. The fourth-order valence-corrected chi connectivity index (χ4v) is 0.940. The molecule has 0 radical (unpaired) electrons. The van der Waals surface area contributed by atoms with Crippen LogP contribution >= 0.6 is 0 Å². The number of hydrogen-bond acceptors (Lipinski definition) is 3. The topological polar surface area (TPSA) is 18.5 Å². The summed E-state index contributed by atoms with van der Waals surface area (Å²) in [4.78, 5) is 4.15. The van der Waals surface area contributed by atoms with E-state index < -0.39 is 0 Å². The van der Waals surface area contributed by atoms with Gasteiger partial charge in [0, 0.05) is 35.2 Å². The molecule has 0 fully saturated rings. The summed E-state index contributed by atoms with van der Waals surface area (Å²) in [5, 5.41) is 3.15. The average molecular weight is 157 g/mol. The van der Waals surface area contributed by atoms with Crippen LogP contribution in [0.2, 0.25) is 0 Å².